The van der Waals surface area contributed by atoms with Gasteiger partial charge in [-0.25, -0.2) is 9.18 Å². The van der Waals surface area contributed by atoms with Crippen molar-refractivity contribution in [3.05, 3.63) is 71.6 Å². The molecule has 4 aliphatic rings. The van der Waals surface area contributed by atoms with Gasteiger partial charge in [0.15, 0.2) is 12.6 Å². The lowest BCUT2D eigenvalue weighted by Gasteiger charge is -2.27. The highest BCUT2D eigenvalue weighted by Gasteiger charge is 2.34. The van der Waals surface area contributed by atoms with E-state index >= 15 is 4.39 Å². The van der Waals surface area contributed by atoms with Gasteiger partial charge in [-0.15, -0.1) is 0 Å². The van der Waals surface area contributed by atoms with Gasteiger partial charge in [-0.1, -0.05) is 36.4 Å². The molecule has 2 atom stereocenters. The zero-order valence-corrected chi connectivity index (χ0v) is 50.0. The number of ketones is 1. The Labute approximate surface area is 491 Å². The lowest BCUT2D eigenvalue weighted by molar-refractivity contribution is -0.900. The molecule has 81 heavy (non-hydrogen) atoms. The first-order chi connectivity index (χ1) is 38.2. The molecule has 0 spiro atoms. The summed E-state index contributed by atoms with van der Waals surface area (Å²) in [6, 6.07) is 15.1. The van der Waals surface area contributed by atoms with Crippen molar-refractivity contribution in [3.8, 4) is 0 Å². The van der Waals surface area contributed by atoms with Crippen molar-refractivity contribution in [2.45, 2.75) is 38.8 Å². The lowest BCUT2D eigenvalue weighted by Crippen LogP contribution is -3.13. The van der Waals surface area contributed by atoms with Crippen LogP contribution < -0.4 is 39.5 Å². The van der Waals surface area contributed by atoms with Gasteiger partial charge in [0.1, 0.15) is 31.3 Å². The van der Waals surface area contributed by atoms with Gasteiger partial charge in [-0.3, -0.25) is 33.9 Å². The molecular formula is C57H91Cl2FN8O13. The molecule has 0 saturated carbocycles. The molecule has 3 fully saturated rings. The molecule has 3 saturated heterocycles. The minimum Gasteiger partial charge on any atom is -1.00 e. The second-order valence-corrected chi connectivity index (χ2v) is 20.8. The van der Waals surface area contributed by atoms with Crippen molar-refractivity contribution < 1.29 is 101 Å². The number of quaternary nitrogens is 2. The van der Waals surface area contributed by atoms with Crippen molar-refractivity contribution >= 4 is 40.9 Å². The Morgan fingerprint density at radius 3 is 1.84 bits per heavy atom. The maximum absolute atomic E-state index is 15.4. The van der Waals surface area contributed by atoms with Gasteiger partial charge in [0.25, 0.3) is 5.91 Å². The van der Waals surface area contributed by atoms with Crippen molar-refractivity contribution in [1.29, 1.82) is 0 Å². The smallest absolute Gasteiger partial charge is 0.414 e. The third-order valence-electron chi connectivity index (χ3n) is 13.7. The Balaban J connectivity index is 0.000000521. The van der Waals surface area contributed by atoms with Crippen LogP contribution in [-0.2, 0) is 63.6 Å². The average molecular weight is 1190 g/mol. The number of cyclic esters (lactones) is 1. The molecule has 2 aromatic rings. The summed E-state index contributed by atoms with van der Waals surface area (Å²) in [6.07, 6.45) is 2.24. The minimum atomic E-state index is -0.669. The fourth-order valence-electron chi connectivity index (χ4n) is 9.14. The number of rotatable bonds is 16. The molecule has 458 valence electrons. The molecule has 2 aromatic carbocycles. The van der Waals surface area contributed by atoms with E-state index in [1.807, 2.05) is 56.2 Å². The predicted octanol–water partition coefficient (Wildman–Crippen LogP) is -5.98. The van der Waals surface area contributed by atoms with E-state index in [0.29, 0.717) is 156 Å². The number of hydrogen-bond acceptors (Lipinski definition) is 16. The first kappa shape index (κ1) is 70.9. The van der Waals surface area contributed by atoms with Crippen LogP contribution in [0.2, 0.25) is 0 Å². The number of anilines is 1. The summed E-state index contributed by atoms with van der Waals surface area (Å²) in [5.41, 5.74) is 3.14. The van der Waals surface area contributed by atoms with Crippen molar-refractivity contribution in [2.75, 3.05) is 217 Å². The molecule has 0 bridgehead atoms. The van der Waals surface area contributed by atoms with Gasteiger partial charge in [-0.2, -0.15) is 0 Å². The third kappa shape index (κ3) is 28.6. The van der Waals surface area contributed by atoms with Gasteiger partial charge in [0.05, 0.1) is 132 Å². The normalized spacial score (nSPS) is 20.4. The van der Waals surface area contributed by atoms with Gasteiger partial charge < -0.3 is 87.2 Å². The topological polar surface area (TPSA) is 188 Å². The minimum absolute atomic E-state index is 0. The second kappa shape index (κ2) is 40.8. The molecule has 2 unspecified atom stereocenters. The maximum atomic E-state index is 15.4. The van der Waals surface area contributed by atoms with Crippen LogP contribution in [0.5, 0.6) is 0 Å². The Kier molecular flexibility index (Phi) is 35.7. The predicted molar refractivity (Wildman–Crippen MR) is 296 cm³/mol. The summed E-state index contributed by atoms with van der Waals surface area (Å²) in [6.45, 7) is 17.0. The molecule has 4 aliphatic heterocycles. The lowest BCUT2D eigenvalue weighted by atomic mass is 9.98. The molecule has 21 nitrogen and oxygen atoms in total. The van der Waals surface area contributed by atoms with Crippen LogP contribution >= 0.6 is 0 Å². The zero-order chi connectivity index (χ0) is 56.6. The first-order valence-corrected chi connectivity index (χ1v) is 28.1. The summed E-state index contributed by atoms with van der Waals surface area (Å²) in [5, 5.41) is 0. The number of ether oxygens (including phenoxy) is 8. The molecule has 0 radical (unpaired) electrons. The van der Waals surface area contributed by atoms with E-state index in [-0.39, 0.29) is 62.0 Å². The number of hydrogen-bond donors (Lipinski definition) is 2. The number of esters is 1. The van der Waals surface area contributed by atoms with Crippen LogP contribution in [0.3, 0.4) is 0 Å². The van der Waals surface area contributed by atoms with Crippen molar-refractivity contribution in [1.82, 2.24) is 24.5 Å². The molecule has 24 heteroatoms. The molecule has 0 aromatic heterocycles. The zero-order valence-electron chi connectivity index (χ0n) is 48.5. The fraction of sp³-hybridized carbons (Fsp3) is 0.667. The highest BCUT2D eigenvalue weighted by molar-refractivity contribution is 5.90. The molecule has 4 heterocycles. The van der Waals surface area contributed by atoms with Gasteiger partial charge in [-0.05, 0) is 56.8 Å². The maximum Gasteiger partial charge on any atom is 0.414 e. The van der Waals surface area contributed by atoms with Crippen LogP contribution in [0.15, 0.2) is 54.6 Å². The Morgan fingerprint density at radius 1 is 0.716 bits per heavy atom. The second-order valence-electron chi connectivity index (χ2n) is 20.8. The SMILES string of the molecule is CC(=O)CC[NH+]1CCOCCOCCN(C(=O)C[NH+](C)C)CCOCC1.CN(C)CC(=O)N1CCOCCOCCN(CCC(=O)OCC2CN(c3ccc(C4=CCN(Cc5ccccc5)CC4)c(F)c3)C(=O)O2)CCOCC1.[Cl-].[Cl-]. The monoisotopic (exact) mass is 1180 g/mol. The van der Waals surface area contributed by atoms with E-state index in [4.69, 9.17) is 37.9 Å². The van der Waals surface area contributed by atoms with Gasteiger partial charge in [0, 0.05) is 71.0 Å². The van der Waals surface area contributed by atoms with E-state index in [9.17, 15) is 24.0 Å². The number of halogens is 3. The molecule has 3 amide bonds. The Bertz CT molecular complexity index is 2170. The van der Waals surface area contributed by atoms with E-state index in [1.54, 1.807) is 24.0 Å². The largest absolute Gasteiger partial charge is 1.00 e. The summed E-state index contributed by atoms with van der Waals surface area (Å²) in [5.74, 6) is -0.464. The molecular weight excluding hydrogens is 1090 g/mol. The molecule has 2 N–H and O–H groups in total. The quantitative estimate of drug-likeness (QED) is 0.151. The summed E-state index contributed by atoms with van der Waals surface area (Å²) < 4.78 is 60.5. The van der Waals surface area contributed by atoms with Crippen LogP contribution in [0.4, 0.5) is 14.9 Å². The number of nitrogens with zero attached hydrogens (tertiary/aromatic N) is 6. The van der Waals surface area contributed by atoms with Crippen molar-refractivity contribution in [3.63, 3.8) is 0 Å². The summed E-state index contributed by atoms with van der Waals surface area (Å²) >= 11 is 0. The Hall–Kier alpha value is -4.40. The fourth-order valence-corrected chi connectivity index (χ4v) is 9.14. The number of likely N-dealkylation sites (N-methyl/N-ethyl adjacent to an activating group) is 2. The number of amides is 3. The van der Waals surface area contributed by atoms with Crippen LogP contribution in [0.25, 0.3) is 5.57 Å². The third-order valence-corrected chi connectivity index (χ3v) is 13.7. The number of Topliss-reactive ketones (excluding diaryl/α,β-unsaturated/α-hetero) is 1. The highest BCUT2D eigenvalue weighted by Crippen LogP contribution is 2.30. The van der Waals surface area contributed by atoms with E-state index < -0.39 is 24.0 Å². The Morgan fingerprint density at radius 2 is 1.28 bits per heavy atom. The standard InChI is InChI=1S/C39H54FN5O8.C18H35N3O5.2ClH/c1-41(2)29-37(46)44-18-22-49-20-16-42(17-21-50-24-25-51-23-19-44)15-12-38(47)52-30-34-28-45(39(48)53-34)33-8-9-35(36(40)26-33)32-10-13-43(14-11-32)27-31-6-4-3-5-7-31;1-17(22)4-5-20-6-10-24-12-8-21(18(23)16-19(2)3)9-13-26-15-14-25-11-7-20;;/h3-10,26,34H,11-25,27-30H2,1-2H3;4-16H2,1-3H3;2*1H. The summed E-state index contributed by atoms with van der Waals surface area (Å²) in [4.78, 5) is 75.2. The van der Waals surface area contributed by atoms with Crippen molar-refractivity contribution in [2.24, 2.45) is 0 Å². The van der Waals surface area contributed by atoms with Gasteiger partial charge >= 0.3 is 12.1 Å². The molecule has 6 rings (SSSR count). The van der Waals surface area contributed by atoms with Gasteiger partial charge in [0.2, 0.25) is 5.91 Å². The van der Waals surface area contributed by atoms with Crippen LogP contribution in [0, 0.1) is 5.82 Å². The number of benzene rings is 2. The highest BCUT2D eigenvalue weighted by atomic mass is 35.5. The molecule has 0 aliphatic carbocycles. The average Bonchev–Trinajstić information content (AvgIpc) is 3.79. The first-order valence-electron chi connectivity index (χ1n) is 28.1. The summed E-state index contributed by atoms with van der Waals surface area (Å²) in [7, 11) is 7.65. The van der Waals surface area contributed by atoms with E-state index in [2.05, 4.69) is 28.0 Å². The number of carbonyl (C=O) groups is 5. The van der Waals surface area contributed by atoms with E-state index in [1.165, 1.54) is 21.4 Å². The van der Waals surface area contributed by atoms with Crippen LogP contribution in [0.1, 0.15) is 37.3 Å². The van der Waals surface area contributed by atoms with Crippen LogP contribution in [-0.4, -0.2) is 273 Å². The van der Waals surface area contributed by atoms with E-state index in [0.717, 1.165) is 56.2 Å². The number of carbonyl (C=O) groups excluding carboxylic acids is 5. The number of nitrogens with one attached hydrogen (secondary N) is 2.